The number of hydrogen-bond acceptors (Lipinski definition) is 4. The van der Waals surface area contributed by atoms with E-state index in [1.165, 1.54) is 5.56 Å². The highest BCUT2D eigenvalue weighted by Gasteiger charge is 2.15. The van der Waals surface area contributed by atoms with Gasteiger partial charge in [-0.2, -0.15) is 15.4 Å². The van der Waals surface area contributed by atoms with Crippen molar-refractivity contribution in [3.8, 4) is 11.3 Å². The Morgan fingerprint density at radius 3 is 2.17 bits per heavy atom. The molecule has 6 nitrogen and oxygen atoms in total. The van der Waals surface area contributed by atoms with E-state index in [0.717, 1.165) is 25.2 Å². The molecule has 0 saturated heterocycles. The van der Waals surface area contributed by atoms with Crippen molar-refractivity contribution in [2.24, 2.45) is 17.6 Å². The second-order valence-electron chi connectivity index (χ2n) is 7.06. The summed E-state index contributed by atoms with van der Waals surface area (Å²) in [5.41, 5.74) is 8.06. The van der Waals surface area contributed by atoms with Gasteiger partial charge in [0.1, 0.15) is 5.69 Å². The number of nitrogens with one attached hydrogen (secondary N) is 1. The number of nitrogens with zero attached hydrogens (tertiary/aromatic N) is 3. The Morgan fingerprint density at radius 2 is 1.67 bits per heavy atom. The third kappa shape index (κ3) is 4.89. The first-order valence-electron chi connectivity index (χ1n) is 8.39. The van der Waals surface area contributed by atoms with E-state index in [9.17, 15) is 4.79 Å². The summed E-state index contributed by atoms with van der Waals surface area (Å²) in [6.07, 6.45) is 0. The van der Waals surface area contributed by atoms with E-state index in [4.69, 9.17) is 5.73 Å². The van der Waals surface area contributed by atoms with Gasteiger partial charge in [-0.1, -0.05) is 52.0 Å². The van der Waals surface area contributed by atoms with Gasteiger partial charge in [-0.3, -0.25) is 9.69 Å². The fourth-order valence-electron chi connectivity index (χ4n) is 2.87. The quantitative estimate of drug-likeness (QED) is 0.779. The van der Waals surface area contributed by atoms with Crippen LogP contribution in [0.25, 0.3) is 11.3 Å². The number of aromatic amines is 1. The van der Waals surface area contributed by atoms with Crippen LogP contribution in [-0.4, -0.2) is 39.3 Å². The summed E-state index contributed by atoms with van der Waals surface area (Å²) in [7, 11) is 0. The molecule has 1 aromatic heterocycles. The number of benzene rings is 1. The van der Waals surface area contributed by atoms with Crippen LogP contribution >= 0.6 is 0 Å². The van der Waals surface area contributed by atoms with Crippen LogP contribution in [0, 0.1) is 11.8 Å². The van der Waals surface area contributed by atoms with Crippen LogP contribution in [0.2, 0.25) is 0 Å². The Hall–Kier alpha value is -2.21. The Morgan fingerprint density at radius 1 is 1.08 bits per heavy atom. The Bertz CT molecular complexity index is 650. The summed E-state index contributed by atoms with van der Waals surface area (Å²) in [5, 5.41) is 10.3. The van der Waals surface area contributed by atoms with Gasteiger partial charge in [-0.05, 0) is 17.4 Å². The van der Waals surface area contributed by atoms with E-state index in [1.54, 1.807) is 0 Å². The summed E-state index contributed by atoms with van der Waals surface area (Å²) < 4.78 is 0. The first-order valence-corrected chi connectivity index (χ1v) is 8.39. The number of primary amides is 1. The topological polar surface area (TPSA) is 87.9 Å². The van der Waals surface area contributed by atoms with Gasteiger partial charge in [-0.15, -0.1) is 0 Å². The van der Waals surface area contributed by atoms with Crippen LogP contribution < -0.4 is 5.73 Å². The first-order chi connectivity index (χ1) is 11.4. The number of H-pyrrole nitrogens is 1. The van der Waals surface area contributed by atoms with Crippen LogP contribution in [0.1, 0.15) is 43.7 Å². The van der Waals surface area contributed by atoms with Crippen LogP contribution in [0.15, 0.2) is 24.3 Å². The number of carbonyl (C=O) groups excluding carboxylic acids is 1. The second kappa shape index (κ2) is 8.06. The predicted molar refractivity (Wildman–Crippen MR) is 95.3 cm³/mol. The van der Waals surface area contributed by atoms with Crippen molar-refractivity contribution in [2.75, 3.05) is 13.1 Å². The molecule has 1 heterocycles. The molecule has 0 atom stereocenters. The van der Waals surface area contributed by atoms with Crippen molar-refractivity contribution in [3.05, 3.63) is 35.5 Å². The maximum atomic E-state index is 11.4. The van der Waals surface area contributed by atoms with Crippen molar-refractivity contribution in [1.29, 1.82) is 0 Å². The van der Waals surface area contributed by atoms with Gasteiger partial charge >= 0.3 is 0 Å². The maximum absolute atomic E-state index is 11.4. The summed E-state index contributed by atoms with van der Waals surface area (Å²) in [6, 6.07) is 8.07. The molecule has 130 valence electrons. The second-order valence-corrected chi connectivity index (χ2v) is 7.06. The number of carbonyl (C=O) groups is 1. The smallest absolute Gasteiger partial charge is 0.271 e. The third-order valence-electron chi connectivity index (χ3n) is 3.66. The Labute approximate surface area is 143 Å². The lowest BCUT2D eigenvalue weighted by molar-refractivity contribution is 0.0996. The van der Waals surface area contributed by atoms with E-state index in [2.05, 4.69) is 60.1 Å². The summed E-state index contributed by atoms with van der Waals surface area (Å²) in [4.78, 5) is 13.8. The van der Waals surface area contributed by atoms with E-state index in [-0.39, 0.29) is 5.69 Å². The molecule has 24 heavy (non-hydrogen) atoms. The number of hydrogen-bond donors (Lipinski definition) is 2. The van der Waals surface area contributed by atoms with Gasteiger partial charge in [0.15, 0.2) is 5.69 Å². The standard InChI is InChI=1S/C18H27N5O/c1-12(2)9-23(10-13(3)4)11-14-5-7-15(8-6-14)16-17(18(19)24)21-22-20-16/h5-8,12-13H,9-11H2,1-4H3,(H2,19,24)(H,20,21,22). The zero-order valence-electron chi connectivity index (χ0n) is 14.9. The fourth-order valence-corrected chi connectivity index (χ4v) is 2.87. The Balaban J connectivity index is 2.13. The van der Waals surface area contributed by atoms with Crippen LogP contribution in [0.3, 0.4) is 0 Å². The van der Waals surface area contributed by atoms with Crippen LogP contribution in [-0.2, 0) is 6.54 Å². The molecule has 0 aliphatic carbocycles. The minimum atomic E-state index is -0.581. The fraction of sp³-hybridized carbons (Fsp3) is 0.500. The number of nitrogens with two attached hydrogens (primary N) is 1. The van der Waals surface area contributed by atoms with Crippen molar-refractivity contribution in [1.82, 2.24) is 20.3 Å². The molecule has 0 saturated carbocycles. The third-order valence-corrected chi connectivity index (χ3v) is 3.66. The molecular weight excluding hydrogens is 302 g/mol. The normalized spacial score (nSPS) is 11.6. The highest BCUT2D eigenvalue weighted by molar-refractivity contribution is 5.96. The molecule has 1 aromatic carbocycles. The molecular formula is C18H27N5O. The van der Waals surface area contributed by atoms with E-state index < -0.39 is 5.91 Å². The number of aromatic nitrogens is 3. The maximum Gasteiger partial charge on any atom is 0.271 e. The largest absolute Gasteiger partial charge is 0.364 e. The minimum absolute atomic E-state index is 0.170. The molecule has 6 heteroatoms. The average molecular weight is 329 g/mol. The molecule has 0 aliphatic heterocycles. The van der Waals surface area contributed by atoms with Crippen molar-refractivity contribution in [2.45, 2.75) is 34.2 Å². The van der Waals surface area contributed by atoms with Gasteiger partial charge in [0.2, 0.25) is 0 Å². The number of rotatable bonds is 8. The van der Waals surface area contributed by atoms with Gasteiger partial charge < -0.3 is 5.73 Å². The molecule has 0 bridgehead atoms. The monoisotopic (exact) mass is 329 g/mol. The molecule has 0 fully saturated rings. The Kier molecular flexibility index (Phi) is 6.09. The van der Waals surface area contributed by atoms with Gasteiger partial charge in [-0.25, -0.2) is 0 Å². The highest BCUT2D eigenvalue weighted by atomic mass is 16.1. The molecule has 2 aromatic rings. The van der Waals surface area contributed by atoms with E-state index in [1.807, 2.05) is 12.1 Å². The molecule has 1 amide bonds. The zero-order valence-corrected chi connectivity index (χ0v) is 14.9. The molecule has 0 unspecified atom stereocenters. The van der Waals surface area contributed by atoms with Crippen LogP contribution in [0.4, 0.5) is 0 Å². The van der Waals surface area contributed by atoms with E-state index >= 15 is 0 Å². The predicted octanol–water partition coefficient (Wildman–Crippen LogP) is 2.68. The first kappa shape index (κ1) is 18.1. The minimum Gasteiger partial charge on any atom is -0.364 e. The summed E-state index contributed by atoms with van der Waals surface area (Å²) in [6.45, 7) is 12.0. The SMILES string of the molecule is CC(C)CN(Cc1ccc(-c2n[nH]nc2C(N)=O)cc1)CC(C)C. The highest BCUT2D eigenvalue weighted by Crippen LogP contribution is 2.20. The molecule has 0 spiro atoms. The lowest BCUT2D eigenvalue weighted by Gasteiger charge is -2.26. The average Bonchev–Trinajstić information content (AvgIpc) is 2.96. The van der Waals surface area contributed by atoms with Gasteiger partial charge in [0.05, 0.1) is 0 Å². The van der Waals surface area contributed by atoms with Crippen molar-refractivity contribution < 1.29 is 4.79 Å². The van der Waals surface area contributed by atoms with Crippen LogP contribution in [0.5, 0.6) is 0 Å². The van der Waals surface area contributed by atoms with Crippen molar-refractivity contribution >= 4 is 5.91 Å². The van der Waals surface area contributed by atoms with Gasteiger partial charge in [0, 0.05) is 25.2 Å². The van der Waals surface area contributed by atoms with E-state index in [0.29, 0.717) is 17.5 Å². The summed E-state index contributed by atoms with van der Waals surface area (Å²) >= 11 is 0. The molecule has 2 rings (SSSR count). The van der Waals surface area contributed by atoms with Gasteiger partial charge in [0.25, 0.3) is 5.91 Å². The molecule has 0 radical (unpaired) electrons. The summed E-state index contributed by atoms with van der Waals surface area (Å²) in [5.74, 6) is 0.690. The molecule has 0 aliphatic rings. The lowest BCUT2D eigenvalue weighted by atomic mass is 10.1. The number of amides is 1. The van der Waals surface area contributed by atoms with Crippen molar-refractivity contribution in [3.63, 3.8) is 0 Å². The lowest BCUT2D eigenvalue weighted by Crippen LogP contribution is -2.30. The zero-order chi connectivity index (χ0) is 17.7. The molecule has 3 N–H and O–H groups in total.